The van der Waals surface area contributed by atoms with Gasteiger partial charge in [-0.25, -0.2) is 0 Å². The Hall–Kier alpha value is -1.00. The van der Waals surface area contributed by atoms with Gasteiger partial charge in [-0.2, -0.15) is 11.8 Å². The van der Waals surface area contributed by atoms with Crippen molar-refractivity contribution in [1.29, 1.82) is 0 Å². The van der Waals surface area contributed by atoms with Gasteiger partial charge in [0.05, 0.1) is 6.04 Å². The van der Waals surface area contributed by atoms with Crippen LogP contribution >= 0.6 is 11.8 Å². The Morgan fingerprint density at radius 1 is 1.29 bits per heavy atom. The van der Waals surface area contributed by atoms with Crippen LogP contribution in [0.2, 0.25) is 0 Å². The molecule has 4 heteroatoms. The molecule has 0 saturated heterocycles. The summed E-state index contributed by atoms with van der Waals surface area (Å²) in [6.07, 6.45) is 6.29. The first-order valence-corrected chi connectivity index (χ1v) is 10.3. The molecule has 134 valence electrons. The number of carbonyl (C=O) groups excluding carboxylic acids is 1. The normalized spacial score (nSPS) is 17.9. The molecular weight excluding hydrogens is 316 g/mol. The summed E-state index contributed by atoms with van der Waals surface area (Å²) in [6, 6.07) is 8.58. The van der Waals surface area contributed by atoms with Gasteiger partial charge in [-0.15, -0.1) is 0 Å². The summed E-state index contributed by atoms with van der Waals surface area (Å²) in [7, 11) is 0. The minimum absolute atomic E-state index is 0.0124. The smallest absolute Gasteiger partial charge is 0.236 e. The molecule has 3 N–H and O–H groups in total. The highest BCUT2D eigenvalue weighted by Crippen LogP contribution is 2.43. The minimum Gasteiger partial charge on any atom is -0.354 e. The molecule has 1 amide bonds. The standard InChI is InChI=1S/C20H32N2OS/c1-19(2,3)15-6-8-16(9-7-15)20(11-5-12-20)14-22-18(23)17(21)10-13-24-4/h6-9,17H,5,10-14,21H2,1-4H3,(H,22,23)/t17-/m0/s1. The van der Waals surface area contributed by atoms with E-state index >= 15 is 0 Å². The molecule has 0 radical (unpaired) electrons. The van der Waals surface area contributed by atoms with Gasteiger partial charge in [-0.3, -0.25) is 4.79 Å². The fraction of sp³-hybridized carbons (Fsp3) is 0.650. The number of thioether (sulfide) groups is 1. The zero-order valence-corrected chi connectivity index (χ0v) is 16.3. The van der Waals surface area contributed by atoms with E-state index in [0.29, 0.717) is 6.54 Å². The van der Waals surface area contributed by atoms with Crippen LogP contribution in [0.3, 0.4) is 0 Å². The monoisotopic (exact) mass is 348 g/mol. The molecule has 1 atom stereocenters. The molecule has 0 spiro atoms. The number of carbonyl (C=O) groups is 1. The van der Waals surface area contributed by atoms with Crippen molar-refractivity contribution in [2.45, 2.75) is 63.3 Å². The molecule has 1 aromatic carbocycles. The molecule has 0 aromatic heterocycles. The van der Waals surface area contributed by atoms with Gasteiger partial charge in [0.15, 0.2) is 0 Å². The van der Waals surface area contributed by atoms with E-state index in [0.717, 1.165) is 25.0 Å². The Balaban J connectivity index is 2.00. The first-order valence-electron chi connectivity index (χ1n) is 8.92. The van der Waals surface area contributed by atoms with Crippen LogP contribution in [0.15, 0.2) is 24.3 Å². The summed E-state index contributed by atoms with van der Waals surface area (Å²) in [4.78, 5) is 12.2. The predicted molar refractivity (Wildman–Crippen MR) is 105 cm³/mol. The molecule has 1 aromatic rings. The summed E-state index contributed by atoms with van der Waals surface area (Å²) < 4.78 is 0. The lowest BCUT2D eigenvalue weighted by molar-refractivity contribution is -0.122. The average Bonchev–Trinajstić information content (AvgIpc) is 2.51. The molecular formula is C20H32N2OS. The number of nitrogens with two attached hydrogens (primary N) is 1. The van der Waals surface area contributed by atoms with Crippen molar-refractivity contribution in [2.24, 2.45) is 5.73 Å². The first kappa shape index (κ1) is 19.3. The highest BCUT2D eigenvalue weighted by Gasteiger charge is 2.39. The van der Waals surface area contributed by atoms with Gasteiger partial charge in [-0.05, 0) is 47.8 Å². The third kappa shape index (κ3) is 4.54. The Morgan fingerprint density at radius 3 is 2.38 bits per heavy atom. The molecule has 24 heavy (non-hydrogen) atoms. The summed E-state index contributed by atoms with van der Waals surface area (Å²) >= 11 is 1.73. The maximum absolute atomic E-state index is 12.2. The Bertz CT molecular complexity index is 544. The van der Waals surface area contributed by atoms with Gasteiger partial charge in [0.2, 0.25) is 5.91 Å². The molecule has 0 bridgehead atoms. The summed E-state index contributed by atoms with van der Waals surface area (Å²) in [5.41, 5.74) is 8.94. The van der Waals surface area contributed by atoms with E-state index in [1.54, 1.807) is 11.8 Å². The fourth-order valence-electron chi connectivity index (χ4n) is 3.26. The molecule has 1 aliphatic carbocycles. The largest absolute Gasteiger partial charge is 0.354 e. The van der Waals surface area contributed by atoms with E-state index in [-0.39, 0.29) is 16.7 Å². The lowest BCUT2D eigenvalue weighted by Crippen LogP contribution is -2.49. The van der Waals surface area contributed by atoms with Gasteiger partial charge in [0.1, 0.15) is 0 Å². The number of hydrogen-bond acceptors (Lipinski definition) is 3. The van der Waals surface area contributed by atoms with Gasteiger partial charge in [-0.1, -0.05) is 51.5 Å². The molecule has 1 saturated carbocycles. The van der Waals surface area contributed by atoms with E-state index in [2.05, 4.69) is 50.4 Å². The number of hydrogen-bond donors (Lipinski definition) is 2. The van der Waals surface area contributed by atoms with Gasteiger partial charge < -0.3 is 11.1 Å². The van der Waals surface area contributed by atoms with Crippen LogP contribution in [0.5, 0.6) is 0 Å². The Kier molecular flexibility index (Phi) is 6.38. The van der Waals surface area contributed by atoms with Crippen molar-refractivity contribution in [3.63, 3.8) is 0 Å². The molecule has 0 aliphatic heterocycles. The van der Waals surface area contributed by atoms with E-state index in [1.165, 1.54) is 17.5 Å². The second-order valence-electron chi connectivity index (χ2n) is 8.07. The van der Waals surface area contributed by atoms with Crippen molar-refractivity contribution < 1.29 is 4.79 Å². The van der Waals surface area contributed by atoms with Crippen LogP contribution in [0.25, 0.3) is 0 Å². The maximum atomic E-state index is 12.2. The van der Waals surface area contributed by atoms with Crippen LogP contribution in [-0.4, -0.2) is 30.5 Å². The predicted octanol–water partition coefficient (Wildman–Crippen LogP) is 3.60. The van der Waals surface area contributed by atoms with E-state index in [4.69, 9.17) is 5.73 Å². The average molecular weight is 349 g/mol. The summed E-state index contributed by atoms with van der Waals surface area (Å²) in [6.45, 7) is 7.40. The number of rotatable bonds is 7. The van der Waals surface area contributed by atoms with Crippen molar-refractivity contribution in [3.8, 4) is 0 Å². The lowest BCUT2D eigenvalue weighted by Gasteiger charge is -2.43. The fourth-order valence-corrected chi connectivity index (χ4v) is 3.75. The molecule has 0 heterocycles. The summed E-state index contributed by atoms with van der Waals surface area (Å²) in [5.74, 6) is 0.912. The highest BCUT2D eigenvalue weighted by molar-refractivity contribution is 7.98. The second-order valence-corrected chi connectivity index (χ2v) is 9.05. The van der Waals surface area contributed by atoms with Crippen LogP contribution in [0.4, 0.5) is 0 Å². The molecule has 1 fully saturated rings. The van der Waals surface area contributed by atoms with Crippen LogP contribution in [0, 0.1) is 0 Å². The highest BCUT2D eigenvalue weighted by atomic mass is 32.2. The van der Waals surface area contributed by atoms with E-state index in [1.807, 2.05) is 6.26 Å². The third-order valence-electron chi connectivity index (χ3n) is 5.24. The molecule has 2 rings (SSSR count). The van der Waals surface area contributed by atoms with Crippen molar-refractivity contribution in [3.05, 3.63) is 35.4 Å². The zero-order valence-electron chi connectivity index (χ0n) is 15.5. The van der Waals surface area contributed by atoms with Crippen molar-refractivity contribution in [1.82, 2.24) is 5.32 Å². The quantitative estimate of drug-likeness (QED) is 0.791. The van der Waals surface area contributed by atoms with Crippen molar-refractivity contribution >= 4 is 17.7 Å². The van der Waals surface area contributed by atoms with Crippen molar-refractivity contribution in [2.75, 3.05) is 18.6 Å². The third-order valence-corrected chi connectivity index (χ3v) is 5.89. The van der Waals surface area contributed by atoms with Crippen LogP contribution < -0.4 is 11.1 Å². The molecule has 3 nitrogen and oxygen atoms in total. The SMILES string of the molecule is CSCC[C@H](N)C(=O)NCC1(c2ccc(C(C)(C)C)cc2)CCC1. The minimum atomic E-state index is -0.391. The molecule has 0 unspecified atom stereocenters. The van der Waals surface area contributed by atoms with Gasteiger partial charge >= 0.3 is 0 Å². The second kappa shape index (κ2) is 7.92. The topological polar surface area (TPSA) is 55.1 Å². The van der Waals surface area contributed by atoms with Gasteiger partial charge in [0, 0.05) is 12.0 Å². The Morgan fingerprint density at radius 2 is 1.92 bits per heavy atom. The van der Waals surface area contributed by atoms with Crippen LogP contribution in [-0.2, 0) is 15.6 Å². The van der Waals surface area contributed by atoms with Crippen LogP contribution in [0.1, 0.15) is 57.6 Å². The summed E-state index contributed by atoms with van der Waals surface area (Å²) in [5, 5.41) is 3.10. The van der Waals surface area contributed by atoms with E-state index < -0.39 is 6.04 Å². The van der Waals surface area contributed by atoms with E-state index in [9.17, 15) is 4.79 Å². The number of benzene rings is 1. The zero-order chi connectivity index (χ0) is 17.8. The maximum Gasteiger partial charge on any atom is 0.236 e. The lowest BCUT2D eigenvalue weighted by atomic mass is 9.64. The molecule has 1 aliphatic rings. The Labute approximate surface area is 151 Å². The first-order chi connectivity index (χ1) is 11.3. The number of nitrogens with one attached hydrogen (secondary N) is 1. The number of amides is 1. The van der Waals surface area contributed by atoms with Gasteiger partial charge in [0.25, 0.3) is 0 Å².